The first-order valence-corrected chi connectivity index (χ1v) is 7.89. The van der Waals surface area contributed by atoms with Gasteiger partial charge in [0, 0.05) is 16.3 Å². The second kappa shape index (κ2) is 5.98. The molecule has 1 heterocycles. The van der Waals surface area contributed by atoms with Crippen molar-refractivity contribution in [3.63, 3.8) is 0 Å². The lowest BCUT2D eigenvalue weighted by atomic mass is 10.0. The number of ether oxygens (including phenoxy) is 2. The summed E-state index contributed by atoms with van der Waals surface area (Å²) < 4.78 is 16.3. The molecule has 0 bridgehead atoms. The summed E-state index contributed by atoms with van der Waals surface area (Å²) in [6, 6.07) is 19.2. The Kier molecular flexibility index (Phi) is 3.65. The third-order valence-electron chi connectivity index (χ3n) is 4.31. The van der Waals surface area contributed by atoms with Crippen LogP contribution in [0, 0.1) is 0 Å². The van der Waals surface area contributed by atoms with E-state index in [-0.39, 0.29) is 5.97 Å². The van der Waals surface area contributed by atoms with Crippen LogP contribution in [0.5, 0.6) is 5.75 Å². The molecular formula is C21H16O4. The fourth-order valence-electron chi connectivity index (χ4n) is 3.03. The van der Waals surface area contributed by atoms with Crippen molar-refractivity contribution in [3.05, 3.63) is 66.2 Å². The highest BCUT2D eigenvalue weighted by Gasteiger charge is 2.18. The molecule has 0 aliphatic carbocycles. The fraction of sp³-hybridized carbons (Fsp3) is 0.0952. The average molecular weight is 332 g/mol. The predicted octanol–water partition coefficient (Wildman–Crippen LogP) is 5.05. The summed E-state index contributed by atoms with van der Waals surface area (Å²) in [5.41, 5.74) is 2.10. The molecule has 0 aliphatic rings. The molecule has 0 unspecified atom stereocenters. The largest absolute Gasteiger partial charge is 0.497 e. The SMILES string of the molecule is COC(=O)c1cc2ccccc2c2oc(-c3ccc(OC)cc3)cc12. The molecule has 0 aliphatic heterocycles. The Labute approximate surface area is 144 Å². The molecule has 4 heteroatoms. The van der Waals surface area contributed by atoms with Gasteiger partial charge in [0.2, 0.25) is 0 Å². The molecule has 0 spiro atoms. The van der Waals surface area contributed by atoms with E-state index in [9.17, 15) is 4.79 Å². The molecule has 4 aromatic rings. The molecule has 0 fully saturated rings. The van der Waals surface area contributed by atoms with Gasteiger partial charge in [0.1, 0.15) is 17.1 Å². The zero-order valence-electron chi connectivity index (χ0n) is 13.9. The van der Waals surface area contributed by atoms with Crippen LogP contribution in [0.4, 0.5) is 0 Å². The monoisotopic (exact) mass is 332 g/mol. The maximum atomic E-state index is 12.2. The first kappa shape index (κ1) is 15.3. The number of rotatable bonds is 3. The van der Waals surface area contributed by atoms with Gasteiger partial charge in [-0.05, 0) is 41.8 Å². The van der Waals surface area contributed by atoms with Crippen molar-refractivity contribution >= 4 is 27.7 Å². The Bertz CT molecular complexity index is 1070. The lowest BCUT2D eigenvalue weighted by Gasteiger charge is -2.04. The van der Waals surface area contributed by atoms with Crippen molar-refractivity contribution in [2.75, 3.05) is 14.2 Å². The summed E-state index contributed by atoms with van der Waals surface area (Å²) >= 11 is 0. The number of hydrogen-bond acceptors (Lipinski definition) is 4. The number of carbonyl (C=O) groups excluding carboxylic acids is 1. The van der Waals surface area contributed by atoms with Crippen LogP contribution < -0.4 is 4.74 Å². The van der Waals surface area contributed by atoms with Gasteiger partial charge in [0.25, 0.3) is 0 Å². The molecule has 0 atom stereocenters. The van der Waals surface area contributed by atoms with E-state index in [1.807, 2.05) is 60.7 Å². The lowest BCUT2D eigenvalue weighted by molar-refractivity contribution is 0.0603. The predicted molar refractivity (Wildman–Crippen MR) is 97.0 cm³/mol. The quantitative estimate of drug-likeness (QED) is 0.493. The molecule has 4 rings (SSSR count). The standard InChI is InChI=1S/C21H16O4/c1-23-15-9-7-13(8-10-15)19-12-17-18(21(22)24-2)11-14-5-3-4-6-16(14)20(17)25-19/h3-12H,1-2H3. The molecule has 25 heavy (non-hydrogen) atoms. The maximum Gasteiger partial charge on any atom is 0.338 e. The van der Waals surface area contributed by atoms with E-state index in [0.717, 1.165) is 27.5 Å². The summed E-state index contributed by atoms with van der Waals surface area (Å²) in [4.78, 5) is 12.2. The van der Waals surface area contributed by atoms with Crippen molar-refractivity contribution in [2.45, 2.75) is 0 Å². The van der Waals surface area contributed by atoms with Crippen LogP contribution in [0.25, 0.3) is 33.1 Å². The van der Waals surface area contributed by atoms with E-state index >= 15 is 0 Å². The molecule has 0 radical (unpaired) electrons. The summed E-state index contributed by atoms with van der Waals surface area (Å²) in [7, 11) is 3.01. The number of furan rings is 1. The number of fused-ring (bicyclic) bond motifs is 3. The summed E-state index contributed by atoms with van der Waals surface area (Å²) in [6.45, 7) is 0. The highest BCUT2D eigenvalue weighted by molar-refractivity contribution is 6.14. The first-order valence-electron chi connectivity index (χ1n) is 7.89. The smallest absolute Gasteiger partial charge is 0.338 e. The van der Waals surface area contributed by atoms with E-state index in [1.54, 1.807) is 7.11 Å². The van der Waals surface area contributed by atoms with Gasteiger partial charge < -0.3 is 13.9 Å². The number of carbonyl (C=O) groups is 1. The first-order chi connectivity index (χ1) is 12.2. The van der Waals surface area contributed by atoms with Gasteiger partial charge in [0.05, 0.1) is 19.8 Å². The Morgan fingerprint density at radius 2 is 1.68 bits per heavy atom. The Balaban J connectivity index is 1.99. The molecule has 124 valence electrons. The van der Waals surface area contributed by atoms with Gasteiger partial charge in [-0.25, -0.2) is 4.79 Å². The van der Waals surface area contributed by atoms with Gasteiger partial charge in [-0.2, -0.15) is 0 Å². The van der Waals surface area contributed by atoms with E-state index in [1.165, 1.54) is 7.11 Å². The Morgan fingerprint density at radius 1 is 0.920 bits per heavy atom. The van der Waals surface area contributed by atoms with Crippen LogP contribution in [0.1, 0.15) is 10.4 Å². The van der Waals surface area contributed by atoms with Gasteiger partial charge in [-0.15, -0.1) is 0 Å². The fourth-order valence-corrected chi connectivity index (χ4v) is 3.03. The van der Waals surface area contributed by atoms with Gasteiger partial charge in [0.15, 0.2) is 0 Å². The van der Waals surface area contributed by atoms with Crippen LogP contribution in [-0.4, -0.2) is 20.2 Å². The van der Waals surface area contributed by atoms with E-state index in [2.05, 4.69) is 0 Å². The maximum absolute atomic E-state index is 12.2. The van der Waals surface area contributed by atoms with Crippen molar-refractivity contribution in [1.82, 2.24) is 0 Å². The summed E-state index contributed by atoms with van der Waals surface area (Å²) in [5.74, 6) is 1.09. The second-order valence-corrected chi connectivity index (χ2v) is 5.72. The van der Waals surface area contributed by atoms with Crippen molar-refractivity contribution < 1.29 is 18.7 Å². The topological polar surface area (TPSA) is 48.7 Å². The normalized spacial score (nSPS) is 11.0. The molecule has 0 N–H and O–H groups in total. The second-order valence-electron chi connectivity index (χ2n) is 5.72. The highest BCUT2D eigenvalue weighted by Crippen LogP contribution is 2.35. The van der Waals surface area contributed by atoms with Gasteiger partial charge in [-0.1, -0.05) is 24.3 Å². The van der Waals surface area contributed by atoms with E-state index in [0.29, 0.717) is 16.9 Å². The van der Waals surface area contributed by atoms with E-state index in [4.69, 9.17) is 13.9 Å². The third kappa shape index (κ3) is 2.52. The molecule has 0 saturated heterocycles. The van der Waals surface area contributed by atoms with Crippen molar-refractivity contribution in [1.29, 1.82) is 0 Å². The van der Waals surface area contributed by atoms with Crippen LogP contribution in [0.15, 0.2) is 65.1 Å². The third-order valence-corrected chi connectivity index (χ3v) is 4.31. The van der Waals surface area contributed by atoms with E-state index < -0.39 is 0 Å². The minimum Gasteiger partial charge on any atom is -0.497 e. The van der Waals surface area contributed by atoms with Gasteiger partial charge >= 0.3 is 5.97 Å². The zero-order valence-corrected chi connectivity index (χ0v) is 13.9. The molecule has 4 nitrogen and oxygen atoms in total. The Morgan fingerprint density at radius 3 is 2.40 bits per heavy atom. The molecular weight excluding hydrogens is 316 g/mol. The van der Waals surface area contributed by atoms with Gasteiger partial charge in [-0.3, -0.25) is 0 Å². The highest BCUT2D eigenvalue weighted by atomic mass is 16.5. The van der Waals surface area contributed by atoms with Crippen LogP contribution in [0.2, 0.25) is 0 Å². The number of hydrogen-bond donors (Lipinski definition) is 0. The average Bonchev–Trinajstić information content (AvgIpc) is 3.12. The number of methoxy groups -OCH3 is 2. The van der Waals surface area contributed by atoms with Crippen molar-refractivity contribution in [3.8, 4) is 17.1 Å². The molecule has 0 saturated carbocycles. The van der Waals surface area contributed by atoms with Crippen LogP contribution in [0.3, 0.4) is 0 Å². The Hall–Kier alpha value is -3.27. The zero-order chi connectivity index (χ0) is 17.4. The van der Waals surface area contributed by atoms with Crippen LogP contribution >= 0.6 is 0 Å². The molecule has 0 amide bonds. The summed E-state index contributed by atoms with van der Waals surface area (Å²) in [6.07, 6.45) is 0. The van der Waals surface area contributed by atoms with Crippen molar-refractivity contribution in [2.24, 2.45) is 0 Å². The number of esters is 1. The molecule has 3 aromatic carbocycles. The minimum atomic E-state index is -0.377. The van der Waals surface area contributed by atoms with Crippen LogP contribution in [-0.2, 0) is 4.74 Å². The lowest BCUT2D eigenvalue weighted by Crippen LogP contribution is -2.01. The molecule has 1 aromatic heterocycles. The number of benzene rings is 3. The minimum absolute atomic E-state index is 0.377. The summed E-state index contributed by atoms with van der Waals surface area (Å²) in [5, 5.41) is 2.65.